The Hall–Kier alpha value is -1.59. The quantitative estimate of drug-likeness (QED) is 0.561. The van der Waals surface area contributed by atoms with E-state index in [0.29, 0.717) is 0 Å². The summed E-state index contributed by atoms with van der Waals surface area (Å²) in [7, 11) is 0. The van der Waals surface area contributed by atoms with Crippen LogP contribution in [0.2, 0.25) is 0 Å². The number of hydroxylamine groups is 2. The van der Waals surface area contributed by atoms with E-state index in [0.717, 1.165) is 10.6 Å². The van der Waals surface area contributed by atoms with E-state index in [2.05, 4.69) is 4.98 Å². The van der Waals surface area contributed by atoms with Crippen LogP contribution in [0.5, 0.6) is 0 Å². The molecule has 4 atom stereocenters. The van der Waals surface area contributed by atoms with Crippen LogP contribution < -0.4 is 11.2 Å². The van der Waals surface area contributed by atoms with Crippen molar-refractivity contribution < 1.29 is 24.2 Å². The lowest BCUT2D eigenvalue weighted by Gasteiger charge is -2.35. The molecule has 22 heavy (non-hydrogen) atoms. The Bertz CT molecular complexity index is 663. The van der Waals surface area contributed by atoms with Gasteiger partial charge < -0.3 is 14.9 Å². The maximum Gasteiger partial charge on any atom is 0.330 e. The second-order valence-corrected chi connectivity index (χ2v) is 5.28. The summed E-state index contributed by atoms with van der Waals surface area (Å²) in [6.45, 7) is -1.37. The summed E-state index contributed by atoms with van der Waals surface area (Å²) in [6, 6.07) is 0.337. The van der Waals surface area contributed by atoms with Crippen molar-refractivity contribution in [1.29, 1.82) is 0 Å². The van der Waals surface area contributed by atoms with Crippen LogP contribution in [0.25, 0.3) is 0 Å². The van der Waals surface area contributed by atoms with Crippen molar-refractivity contribution in [2.24, 2.45) is 0 Å². The Balaban J connectivity index is 1.96. The highest BCUT2D eigenvalue weighted by atomic mass is 19.1. The predicted octanol–water partition coefficient (Wildman–Crippen LogP) is -2.26. The zero-order chi connectivity index (χ0) is 15.9. The molecule has 2 fully saturated rings. The van der Waals surface area contributed by atoms with Crippen molar-refractivity contribution in [1.82, 2.24) is 14.6 Å². The smallest absolute Gasteiger partial charge is 0.330 e. The molecule has 0 aliphatic carbocycles. The second-order valence-electron chi connectivity index (χ2n) is 5.28. The van der Waals surface area contributed by atoms with Gasteiger partial charge in [0.25, 0.3) is 5.56 Å². The molecule has 3 heterocycles. The van der Waals surface area contributed by atoms with E-state index in [1.54, 1.807) is 0 Å². The summed E-state index contributed by atoms with van der Waals surface area (Å²) in [5.74, 6) is 0. The molecule has 0 saturated carbocycles. The number of nitrogens with zero attached hydrogens (tertiary/aromatic N) is 2. The van der Waals surface area contributed by atoms with Crippen LogP contribution in [0.15, 0.2) is 21.9 Å². The summed E-state index contributed by atoms with van der Waals surface area (Å²) in [4.78, 5) is 30.3. The van der Waals surface area contributed by atoms with Gasteiger partial charge in [0.2, 0.25) is 0 Å². The molecule has 2 bridgehead atoms. The summed E-state index contributed by atoms with van der Waals surface area (Å²) in [5.41, 5.74) is -2.59. The molecule has 9 nitrogen and oxygen atoms in total. The summed E-state index contributed by atoms with van der Waals surface area (Å²) in [6.07, 6.45) is -0.863. The molecule has 0 spiro atoms. The van der Waals surface area contributed by atoms with Crippen molar-refractivity contribution in [3.8, 4) is 0 Å². The molecule has 0 radical (unpaired) electrons. The van der Waals surface area contributed by atoms with Crippen LogP contribution in [-0.4, -0.2) is 69.0 Å². The van der Waals surface area contributed by atoms with Gasteiger partial charge in [-0.05, 0) is 0 Å². The molecule has 3 rings (SSSR count). The van der Waals surface area contributed by atoms with Gasteiger partial charge in [-0.3, -0.25) is 19.2 Å². The predicted molar refractivity (Wildman–Crippen MR) is 69.7 cm³/mol. The largest absolute Gasteiger partial charge is 0.393 e. The third-order valence-corrected chi connectivity index (χ3v) is 3.99. The molecule has 1 aromatic rings. The maximum atomic E-state index is 12.3. The Morgan fingerprint density at radius 3 is 2.91 bits per heavy atom. The van der Waals surface area contributed by atoms with Crippen molar-refractivity contribution >= 4 is 0 Å². The second kappa shape index (κ2) is 5.56. The van der Waals surface area contributed by atoms with E-state index in [9.17, 15) is 24.2 Å². The van der Waals surface area contributed by atoms with Crippen molar-refractivity contribution in [2.75, 3.05) is 26.4 Å². The van der Waals surface area contributed by atoms with Gasteiger partial charge in [-0.15, -0.1) is 0 Å². The number of morpholine rings is 1. The van der Waals surface area contributed by atoms with Gasteiger partial charge in [0.05, 0.1) is 19.8 Å². The number of ether oxygens (including phenoxy) is 1. The Morgan fingerprint density at radius 2 is 2.32 bits per heavy atom. The number of hydrogen-bond donors (Lipinski definition) is 3. The van der Waals surface area contributed by atoms with Gasteiger partial charge in [0.1, 0.15) is 24.4 Å². The average Bonchev–Trinajstić information content (AvgIpc) is 2.93. The van der Waals surface area contributed by atoms with E-state index in [4.69, 9.17) is 9.57 Å². The molecule has 1 aromatic heterocycles. The molecule has 3 N–H and O–H groups in total. The number of fused-ring (bicyclic) bond motifs is 2. The highest BCUT2D eigenvalue weighted by Gasteiger charge is 2.64. The Kier molecular flexibility index (Phi) is 3.87. The minimum Gasteiger partial charge on any atom is -0.393 e. The highest BCUT2D eigenvalue weighted by Crippen LogP contribution is 2.45. The molecule has 0 amide bonds. The number of aromatic nitrogens is 2. The highest BCUT2D eigenvalue weighted by molar-refractivity contribution is 5.11. The number of aliphatic hydroxyl groups excluding tert-OH is 2. The van der Waals surface area contributed by atoms with Crippen LogP contribution in [0, 0.1) is 0 Å². The molecule has 10 heteroatoms. The minimum absolute atomic E-state index is 0.0456. The van der Waals surface area contributed by atoms with Gasteiger partial charge >= 0.3 is 5.69 Å². The first-order valence-electron chi connectivity index (χ1n) is 6.76. The normalized spacial score (nSPS) is 34.4. The molecule has 2 aliphatic rings. The van der Waals surface area contributed by atoms with Gasteiger partial charge in [-0.25, -0.2) is 9.18 Å². The third kappa shape index (κ3) is 2.20. The van der Waals surface area contributed by atoms with Gasteiger partial charge in [-0.1, -0.05) is 0 Å². The van der Waals surface area contributed by atoms with E-state index in [1.807, 2.05) is 0 Å². The van der Waals surface area contributed by atoms with Crippen LogP contribution in [0.1, 0.15) is 6.23 Å². The number of hydrogen-bond acceptors (Lipinski definition) is 7. The number of alkyl halides is 1. The zero-order valence-electron chi connectivity index (χ0n) is 11.5. The number of aromatic amines is 1. The fourth-order valence-electron chi connectivity index (χ4n) is 2.96. The summed E-state index contributed by atoms with van der Waals surface area (Å²) in [5, 5.41) is 21.2. The van der Waals surface area contributed by atoms with Gasteiger partial charge in [-0.2, -0.15) is 5.06 Å². The first-order valence-corrected chi connectivity index (χ1v) is 6.76. The zero-order valence-corrected chi connectivity index (χ0v) is 11.5. The Labute approximate surface area is 123 Å². The van der Waals surface area contributed by atoms with Crippen LogP contribution in [-0.2, 0) is 9.57 Å². The lowest BCUT2D eigenvalue weighted by Crippen LogP contribution is -2.49. The van der Waals surface area contributed by atoms with E-state index in [1.165, 1.54) is 11.3 Å². The third-order valence-electron chi connectivity index (χ3n) is 3.99. The number of H-pyrrole nitrogens is 1. The van der Waals surface area contributed by atoms with Crippen LogP contribution in [0.3, 0.4) is 0 Å². The SMILES string of the molecule is O=c1ccn([C@@H]2O[C@@]3(CO)CN(OCCF)[C@@H]2[C@@H]3O)c(=O)[nH]1. The van der Waals surface area contributed by atoms with E-state index < -0.39 is 48.5 Å². The van der Waals surface area contributed by atoms with Crippen molar-refractivity contribution in [3.05, 3.63) is 33.1 Å². The number of halogens is 1. The van der Waals surface area contributed by atoms with Crippen molar-refractivity contribution in [3.63, 3.8) is 0 Å². The minimum atomic E-state index is -1.32. The summed E-state index contributed by atoms with van der Waals surface area (Å²) < 4.78 is 19.0. The molecular weight excluding hydrogens is 301 g/mol. The lowest BCUT2D eigenvalue weighted by molar-refractivity contribution is -0.254. The molecule has 2 aliphatic heterocycles. The number of aliphatic hydroxyl groups is 2. The average molecular weight is 317 g/mol. The first kappa shape index (κ1) is 15.3. The van der Waals surface area contributed by atoms with Gasteiger partial charge in [0.15, 0.2) is 6.23 Å². The monoisotopic (exact) mass is 317 g/mol. The van der Waals surface area contributed by atoms with E-state index >= 15 is 0 Å². The fourth-order valence-corrected chi connectivity index (χ4v) is 2.96. The molecular formula is C12H16FN3O6. The molecule has 0 aromatic carbocycles. The van der Waals surface area contributed by atoms with Gasteiger partial charge in [0, 0.05) is 12.3 Å². The van der Waals surface area contributed by atoms with Crippen LogP contribution in [0.4, 0.5) is 4.39 Å². The fraction of sp³-hybridized carbons (Fsp3) is 0.667. The maximum absolute atomic E-state index is 12.3. The molecule has 0 unspecified atom stereocenters. The molecule has 122 valence electrons. The lowest BCUT2D eigenvalue weighted by atomic mass is 10.0. The number of nitrogens with one attached hydrogen (secondary N) is 1. The number of rotatable bonds is 5. The van der Waals surface area contributed by atoms with E-state index in [-0.39, 0.29) is 13.2 Å². The standard InChI is InChI=1S/C12H16FN3O6/c13-2-4-21-16-5-12(6-17)9(19)8(16)10(22-12)15-3-1-7(18)14-11(15)20/h1,3,8-10,17,19H,2,4-6H2,(H,14,18,20)/t8-,9+,10-,12-/m1/s1. The summed E-state index contributed by atoms with van der Waals surface area (Å²) >= 11 is 0. The first-order chi connectivity index (χ1) is 10.5. The van der Waals surface area contributed by atoms with Crippen LogP contribution >= 0.6 is 0 Å². The van der Waals surface area contributed by atoms with Crippen molar-refractivity contribution in [2.45, 2.75) is 24.0 Å². The topological polar surface area (TPSA) is 117 Å². The molecule has 2 saturated heterocycles. The Morgan fingerprint density at radius 1 is 1.55 bits per heavy atom.